The van der Waals surface area contributed by atoms with Crippen molar-refractivity contribution in [2.24, 2.45) is 4.99 Å². The van der Waals surface area contributed by atoms with E-state index in [0.717, 1.165) is 11.1 Å². The minimum atomic E-state index is -3.51. The average Bonchev–Trinajstić information content (AvgIpc) is 2.69. The van der Waals surface area contributed by atoms with Crippen LogP contribution >= 0.6 is 7.75 Å². The lowest BCUT2D eigenvalue weighted by molar-refractivity contribution is 0.215. The van der Waals surface area contributed by atoms with Crippen LogP contribution in [0.15, 0.2) is 65.7 Å². The van der Waals surface area contributed by atoms with Gasteiger partial charge in [-0.25, -0.2) is 9.56 Å². The third-order valence-corrected chi connectivity index (χ3v) is 5.78. The number of aliphatic imine (C=N–C) groups is 1. The second kappa shape index (κ2) is 11.0. The van der Waals surface area contributed by atoms with E-state index in [4.69, 9.17) is 14.0 Å². The van der Waals surface area contributed by atoms with Crippen LogP contribution in [0, 0.1) is 0 Å². The zero-order valence-electron chi connectivity index (χ0n) is 17.0. The molecule has 0 amide bonds. The molecule has 0 aromatic heterocycles. The summed E-state index contributed by atoms with van der Waals surface area (Å²) in [6.45, 7) is 8.08. The molecule has 0 saturated heterocycles. The molecule has 0 bridgehead atoms. The molecular formula is C21H30N3O3P. The van der Waals surface area contributed by atoms with Crippen molar-refractivity contribution < 1.29 is 13.6 Å². The Hall–Kier alpha value is -2.14. The van der Waals surface area contributed by atoms with E-state index in [2.05, 4.69) is 10.4 Å². The van der Waals surface area contributed by atoms with Gasteiger partial charge >= 0.3 is 7.75 Å². The quantitative estimate of drug-likeness (QED) is 0.341. The van der Waals surface area contributed by atoms with Crippen LogP contribution in [-0.4, -0.2) is 19.2 Å². The summed E-state index contributed by atoms with van der Waals surface area (Å²) in [5, 5.41) is 6.20. The Balaban J connectivity index is 2.28. The highest BCUT2D eigenvalue weighted by atomic mass is 31.2. The van der Waals surface area contributed by atoms with Gasteiger partial charge in [0.1, 0.15) is 0 Å². The van der Waals surface area contributed by atoms with E-state index in [1.165, 1.54) is 0 Å². The van der Waals surface area contributed by atoms with Crippen molar-refractivity contribution in [3.05, 3.63) is 71.8 Å². The van der Waals surface area contributed by atoms with Gasteiger partial charge in [0.15, 0.2) is 0 Å². The lowest BCUT2D eigenvalue weighted by atomic mass is 10.1. The Kier molecular flexibility index (Phi) is 8.71. The molecule has 2 aromatic carbocycles. The van der Waals surface area contributed by atoms with Gasteiger partial charge in [-0.15, -0.1) is 0 Å². The Morgan fingerprint density at radius 2 is 1.43 bits per heavy atom. The van der Waals surface area contributed by atoms with Crippen molar-refractivity contribution in [3.8, 4) is 0 Å². The molecule has 0 heterocycles. The lowest BCUT2D eigenvalue weighted by Gasteiger charge is -2.24. The van der Waals surface area contributed by atoms with Crippen LogP contribution in [0.1, 0.15) is 50.9 Å². The monoisotopic (exact) mass is 403 g/mol. The summed E-state index contributed by atoms with van der Waals surface area (Å²) in [6, 6.07) is 19.7. The van der Waals surface area contributed by atoms with E-state index in [1.807, 2.05) is 74.5 Å². The summed E-state index contributed by atoms with van der Waals surface area (Å²) in [6.07, 6.45) is 0. The SMILES string of the molecule is CCOP(=O)(NC(=N[C@@H](C)c1ccccc1)N[C@@H](C)c1ccccc1)OCC. The van der Waals surface area contributed by atoms with Crippen LogP contribution in [0.25, 0.3) is 0 Å². The molecule has 28 heavy (non-hydrogen) atoms. The highest BCUT2D eigenvalue weighted by Gasteiger charge is 2.26. The maximum Gasteiger partial charge on any atom is 0.434 e. The number of nitrogens with zero attached hydrogens (tertiary/aromatic N) is 1. The van der Waals surface area contributed by atoms with Crippen LogP contribution in [0.5, 0.6) is 0 Å². The minimum Gasteiger partial charge on any atom is -0.349 e. The number of hydrogen-bond donors (Lipinski definition) is 2. The standard InChI is InChI=1S/C21H30N3O3P/c1-5-26-28(25,27-6-2)24-21(22-17(3)19-13-9-7-10-14-19)23-18(4)20-15-11-8-12-16-20/h7-18H,5-6H2,1-4H3,(H2,22,23,24,25)/t17-,18-/m0/s1. The first kappa shape index (κ1) is 22.2. The largest absolute Gasteiger partial charge is 0.434 e. The van der Waals surface area contributed by atoms with E-state index < -0.39 is 7.75 Å². The molecule has 0 unspecified atom stereocenters. The number of nitrogens with one attached hydrogen (secondary N) is 2. The molecule has 2 rings (SSSR count). The maximum atomic E-state index is 13.0. The number of benzene rings is 2. The van der Waals surface area contributed by atoms with Gasteiger partial charge < -0.3 is 5.32 Å². The van der Waals surface area contributed by atoms with Crippen molar-refractivity contribution in [2.45, 2.75) is 39.8 Å². The van der Waals surface area contributed by atoms with Crippen molar-refractivity contribution in [1.29, 1.82) is 0 Å². The molecular weight excluding hydrogens is 373 g/mol. The maximum absolute atomic E-state index is 13.0. The van der Waals surface area contributed by atoms with Gasteiger partial charge in [0.05, 0.1) is 25.3 Å². The Bertz CT molecular complexity index is 774. The second-order valence-electron chi connectivity index (χ2n) is 6.29. The number of hydrogen-bond acceptors (Lipinski definition) is 4. The molecule has 2 atom stereocenters. The second-order valence-corrected chi connectivity index (χ2v) is 8.02. The van der Waals surface area contributed by atoms with Gasteiger partial charge in [0.2, 0.25) is 5.96 Å². The molecule has 0 fully saturated rings. The topological polar surface area (TPSA) is 72.0 Å². The Morgan fingerprint density at radius 1 is 0.929 bits per heavy atom. The molecule has 0 aliphatic carbocycles. The summed E-state index contributed by atoms with van der Waals surface area (Å²) in [4.78, 5) is 4.72. The summed E-state index contributed by atoms with van der Waals surface area (Å²) in [5.41, 5.74) is 2.14. The Labute approximate surface area is 168 Å². The van der Waals surface area contributed by atoms with Crippen LogP contribution < -0.4 is 10.4 Å². The zero-order valence-corrected chi connectivity index (χ0v) is 17.9. The van der Waals surface area contributed by atoms with Crippen molar-refractivity contribution in [2.75, 3.05) is 13.2 Å². The van der Waals surface area contributed by atoms with Gasteiger partial charge in [-0.3, -0.25) is 14.1 Å². The molecule has 0 saturated carbocycles. The number of guanidine groups is 1. The van der Waals surface area contributed by atoms with Gasteiger partial charge in [-0.1, -0.05) is 60.7 Å². The van der Waals surface area contributed by atoms with Gasteiger partial charge in [-0.05, 0) is 38.8 Å². The van der Waals surface area contributed by atoms with E-state index in [0.29, 0.717) is 5.96 Å². The van der Waals surface area contributed by atoms with E-state index in [9.17, 15) is 4.57 Å². The third-order valence-electron chi connectivity index (χ3n) is 4.10. The van der Waals surface area contributed by atoms with E-state index in [1.54, 1.807) is 13.8 Å². The fraction of sp³-hybridized carbons (Fsp3) is 0.381. The van der Waals surface area contributed by atoms with Crippen LogP contribution in [0.4, 0.5) is 0 Å². The lowest BCUT2D eigenvalue weighted by Crippen LogP contribution is -2.38. The van der Waals surface area contributed by atoms with Gasteiger partial charge in [0.25, 0.3) is 0 Å². The predicted molar refractivity (Wildman–Crippen MR) is 114 cm³/mol. The fourth-order valence-corrected chi connectivity index (χ4v) is 3.96. The zero-order chi connectivity index (χ0) is 20.4. The molecule has 0 radical (unpaired) electrons. The average molecular weight is 403 g/mol. The molecule has 6 nitrogen and oxygen atoms in total. The van der Waals surface area contributed by atoms with Crippen LogP contribution in [0.2, 0.25) is 0 Å². The van der Waals surface area contributed by atoms with Crippen molar-refractivity contribution >= 4 is 13.7 Å². The minimum absolute atomic E-state index is 0.0490. The Morgan fingerprint density at radius 3 is 1.93 bits per heavy atom. The predicted octanol–water partition coefficient (Wildman–Crippen LogP) is 5.23. The van der Waals surface area contributed by atoms with Crippen molar-refractivity contribution in [1.82, 2.24) is 10.4 Å². The van der Waals surface area contributed by atoms with E-state index >= 15 is 0 Å². The first-order valence-corrected chi connectivity index (χ1v) is 11.1. The molecule has 0 aliphatic heterocycles. The van der Waals surface area contributed by atoms with Gasteiger partial charge in [-0.2, -0.15) is 0 Å². The molecule has 152 valence electrons. The molecule has 2 N–H and O–H groups in total. The first-order chi connectivity index (χ1) is 13.5. The van der Waals surface area contributed by atoms with Crippen molar-refractivity contribution in [3.63, 3.8) is 0 Å². The summed E-state index contributed by atoms with van der Waals surface area (Å²) in [5.74, 6) is 0.373. The fourth-order valence-electron chi connectivity index (χ4n) is 2.70. The molecule has 7 heteroatoms. The summed E-state index contributed by atoms with van der Waals surface area (Å²) in [7, 11) is -3.51. The number of rotatable bonds is 9. The molecule has 0 aliphatic rings. The molecule has 0 spiro atoms. The summed E-state index contributed by atoms with van der Waals surface area (Å²) >= 11 is 0. The van der Waals surface area contributed by atoms with Crippen LogP contribution in [-0.2, 0) is 13.6 Å². The third kappa shape index (κ3) is 6.79. The smallest absolute Gasteiger partial charge is 0.349 e. The highest BCUT2D eigenvalue weighted by Crippen LogP contribution is 2.43. The summed E-state index contributed by atoms with van der Waals surface area (Å²) < 4.78 is 23.7. The van der Waals surface area contributed by atoms with Gasteiger partial charge in [0, 0.05) is 0 Å². The molecule has 2 aromatic rings. The normalized spacial score (nSPS) is 14.4. The first-order valence-electron chi connectivity index (χ1n) is 9.59. The van der Waals surface area contributed by atoms with E-state index in [-0.39, 0.29) is 25.3 Å². The highest BCUT2D eigenvalue weighted by molar-refractivity contribution is 7.52. The van der Waals surface area contributed by atoms with Crippen LogP contribution in [0.3, 0.4) is 0 Å².